The Morgan fingerprint density at radius 2 is 1.62 bits per heavy atom. The average molecular weight is 442 g/mol. The fourth-order valence-electron chi connectivity index (χ4n) is 2.31. The molecule has 0 aliphatic rings. The molecule has 0 aromatic heterocycles. The van der Waals surface area contributed by atoms with Gasteiger partial charge in [-0.05, 0) is 0 Å². The zero-order chi connectivity index (χ0) is 18.7. The van der Waals surface area contributed by atoms with Crippen molar-refractivity contribution < 1.29 is 19.4 Å². The van der Waals surface area contributed by atoms with Gasteiger partial charge in [0, 0.05) is 0 Å². The summed E-state index contributed by atoms with van der Waals surface area (Å²) in [5.41, 5.74) is 0.218. The number of hydrogen-bond donors (Lipinski definition) is 2. The third-order valence-electron chi connectivity index (χ3n) is 3.74. The predicted molar refractivity (Wildman–Crippen MR) is 98.6 cm³/mol. The van der Waals surface area contributed by atoms with Gasteiger partial charge in [-0.1, -0.05) is 0 Å². The molecule has 6 heteroatoms. The molecule has 0 saturated carbocycles. The number of carbonyl (C=O) groups is 2. The summed E-state index contributed by atoms with van der Waals surface area (Å²) in [7, 11) is 0. The summed E-state index contributed by atoms with van der Waals surface area (Å²) >= 11 is -2.13. The zero-order valence-corrected chi connectivity index (χ0v) is 18.5. The van der Waals surface area contributed by atoms with Crippen molar-refractivity contribution in [2.45, 2.75) is 60.1 Å². The number of rotatable bonds is 5. The molecule has 0 aliphatic carbocycles. The molecule has 1 aromatic rings. The van der Waals surface area contributed by atoms with Gasteiger partial charge in [0.05, 0.1) is 0 Å². The van der Waals surface area contributed by atoms with Crippen LogP contribution in [0.25, 0.3) is 0 Å². The SMILES string of the molecule is CC(c1cc[c]([Sn]([CH3])([CH3])[CH3])cc1)C(NC(=O)OC(C)(C)C)C(=O)O. The molecule has 24 heavy (non-hydrogen) atoms. The first-order valence-electron chi connectivity index (χ1n) is 8.14. The molecule has 0 spiro atoms. The normalized spacial score (nSPS) is 14.6. The van der Waals surface area contributed by atoms with Crippen LogP contribution >= 0.6 is 0 Å². The second-order valence-electron chi connectivity index (χ2n) is 8.12. The van der Waals surface area contributed by atoms with Gasteiger partial charge in [-0.2, -0.15) is 0 Å². The summed E-state index contributed by atoms with van der Waals surface area (Å²) in [4.78, 5) is 30.5. The number of carbonyl (C=O) groups excluding carboxylic acids is 1. The topological polar surface area (TPSA) is 75.6 Å². The summed E-state index contributed by atoms with van der Waals surface area (Å²) in [5.74, 6) is -1.44. The van der Waals surface area contributed by atoms with Gasteiger partial charge in [0.15, 0.2) is 0 Å². The van der Waals surface area contributed by atoms with Crippen molar-refractivity contribution in [3.8, 4) is 0 Å². The maximum atomic E-state index is 11.9. The predicted octanol–water partition coefficient (Wildman–Crippen LogP) is 3.31. The minimum absolute atomic E-state index is 0.362. The Morgan fingerprint density at radius 3 is 2.00 bits per heavy atom. The molecular formula is C18H29NO4Sn. The van der Waals surface area contributed by atoms with Crippen molar-refractivity contribution in [2.75, 3.05) is 0 Å². The van der Waals surface area contributed by atoms with Gasteiger partial charge < -0.3 is 0 Å². The molecule has 1 amide bonds. The van der Waals surface area contributed by atoms with Gasteiger partial charge in [0.2, 0.25) is 0 Å². The molecule has 0 saturated heterocycles. The molecule has 2 unspecified atom stereocenters. The van der Waals surface area contributed by atoms with Crippen LogP contribution in [-0.4, -0.2) is 47.2 Å². The van der Waals surface area contributed by atoms with Gasteiger partial charge >= 0.3 is 149 Å². The summed E-state index contributed by atoms with van der Waals surface area (Å²) < 4.78 is 6.54. The first-order valence-corrected chi connectivity index (χ1v) is 18.1. The first kappa shape index (κ1) is 20.8. The van der Waals surface area contributed by atoms with E-state index in [1.165, 1.54) is 3.58 Å². The van der Waals surface area contributed by atoms with E-state index in [0.29, 0.717) is 0 Å². The van der Waals surface area contributed by atoms with E-state index in [-0.39, 0.29) is 5.92 Å². The summed E-state index contributed by atoms with van der Waals surface area (Å²) in [6.07, 6.45) is -0.718. The van der Waals surface area contributed by atoms with E-state index in [1.54, 1.807) is 27.7 Å². The number of ether oxygens (including phenoxy) is 1. The van der Waals surface area contributed by atoms with Crippen molar-refractivity contribution in [2.24, 2.45) is 0 Å². The number of carboxylic acid groups (broad SMARTS) is 1. The van der Waals surface area contributed by atoms with Gasteiger partial charge in [-0.15, -0.1) is 0 Å². The Morgan fingerprint density at radius 1 is 1.12 bits per heavy atom. The van der Waals surface area contributed by atoms with Crippen LogP contribution in [-0.2, 0) is 9.53 Å². The Kier molecular flexibility index (Phi) is 6.73. The van der Waals surface area contributed by atoms with Crippen LogP contribution in [0, 0.1) is 0 Å². The molecule has 0 bridgehead atoms. The van der Waals surface area contributed by atoms with E-state index >= 15 is 0 Å². The molecule has 134 valence electrons. The molecule has 2 N–H and O–H groups in total. The Hall–Kier alpha value is -1.24. The molecule has 0 aliphatic heterocycles. The van der Waals surface area contributed by atoms with Gasteiger partial charge in [0.1, 0.15) is 0 Å². The third kappa shape index (κ3) is 6.34. The quantitative estimate of drug-likeness (QED) is 0.687. The van der Waals surface area contributed by atoms with Crippen LogP contribution in [0.2, 0.25) is 14.8 Å². The van der Waals surface area contributed by atoms with Crippen LogP contribution in [0.5, 0.6) is 0 Å². The van der Waals surface area contributed by atoms with Gasteiger partial charge in [-0.25, -0.2) is 0 Å². The Bertz CT molecular complexity index is 585. The molecule has 1 rings (SSSR count). The maximum absolute atomic E-state index is 11.9. The van der Waals surface area contributed by atoms with Crippen molar-refractivity contribution in [1.82, 2.24) is 5.32 Å². The second-order valence-corrected chi connectivity index (χ2v) is 22.6. The number of alkyl carbamates (subject to hydrolysis) is 1. The van der Waals surface area contributed by atoms with Crippen LogP contribution in [0.4, 0.5) is 4.79 Å². The molecule has 0 heterocycles. The van der Waals surface area contributed by atoms with Crippen LogP contribution in [0.15, 0.2) is 24.3 Å². The number of nitrogens with one attached hydrogen (secondary N) is 1. The van der Waals surface area contributed by atoms with E-state index in [0.717, 1.165) is 5.56 Å². The molecule has 5 nitrogen and oxygen atoms in total. The van der Waals surface area contributed by atoms with E-state index in [4.69, 9.17) is 4.74 Å². The van der Waals surface area contributed by atoms with E-state index in [9.17, 15) is 14.7 Å². The number of benzene rings is 1. The van der Waals surface area contributed by atoms with Gasteiger partial charge in [0.25, 0.3) is 0 Å². The van der Waals surface area contributed by atoms with Crippen LogP contribution in [0.3, 0.4) is 0 Å². The number of carboxylic acids is 1. The standard InChI is InChI=1S/C15H20NO4.3CH3.Sn/c1-10(11-8-6-5-7-9-11)12(13(17)18)16-14(19)20-15(2,3)4;;;;/h6-10,12H,1-4H3,(H,16,19)(H,17,18);3*1H3;. The summed E-state index contributed by atoms with van der Waals surface area (Å²) in [6, 6.07) is 7.08. The van der Waals surface area contributed by atoms with E-state index in [2.05, 4.69) is 32.3 Å². The third-order valence-corrected chi connectivity index (χ3v) is 9.64. The zero-order valence-electron chi connectivity index (χ0n) is 15.6. The Labute approximate surface area is 148 Å². The van der Waals surface area contributed by atoms with Gasteiger partial charge in [-0.3, -0.25) is 0 Å². The summed E-state index contributed by atoms with van der Waals surface area (Å²) in [6.45, 7) is 7.01. The Balaban J connectivity index is 2.92. The van der Waals surface area contributed by atoms with Crippen molar-refractivity contribution in [3.05, 3.63) is 29.8 Å². The number of hydrogen-bond acceptors (Lipinski definition) is 3. The average Bonchev–Trinajstić information content (AvgIpc) is 2.41. The summed E-state index contributed by atoms with van der Waals surface area (Å²) in [5, 5.41) is 11.9. The number of aliphatic carboxylic acids is 1. The molecule has 2 atom stereocenters. The van der Waals surface area contributed by atoms with Crippen molar-refractivity contribution in [1.29, 1.82) is 0 Å². The molecule has 0 radical (unpaired) electrons. The molecular weight excluding hydrogens is 413 g/mol. The molecule has 0 fully saturated rings. The second kappa shape index (κ2) is 7.76. The van der Waals surface area contributed by atoms with Crippen molar-refractivity contribution in [3.63, 3.8) is 0 Å². The van der Waals surface area contributed by atoms with Crippen molar-refractivity contribution >= 4 is 34.0 Å². The van der Waals surface area contributed by atoms with E-state index < -0.39 is 42.1 Å². The van der Waals surface area contributed by atoms with Crippen LogP contribution in [0.1, 0.15) is 39.2 Å². The first-order chi connectivity index (χ1) is 10.8. The van der Waals surface area contributed by atoms with Crippen LogP contribution < -0.4 is 8.90 Å². The number of amides is 1. The molecule has 1 aromatic carbocycles. The minimum atomic E-state index is -2.13. The fraction of sp³-hybridized carbons (Fsp3) is 0.556. The monoisotopic (exact) mass is 443 g/mol. The fourth-order valence-corrected chi connectivity index (χ4v) is 5.64. The van der Waals surface area contributed by atoms with E-state index in [1.807, 2.05) is 12.1 Å².